The lowest BCUT2D eigenvalue weighted by Crippen LogP contribution is -2.20. The van der Waals surface area contributed by atoms with Crippen molar-refractivity contribution in [1.29, 1.82) is 0 Å². The van der Waals surface area contributed by atoms with Crippen LogP contribution in [0.5, 0.6) is 0 Å². The van der Waals surface area contributed by atoms with E-state index < -0.39 is 11.8 Å². The predicted octanol–water partition coefficient (Wildman–Crippen LogP) is 2.03. The van der Waals surface area contributed by atoms with Crippen molar-refractivity contribution >= 4 is 35.1 Å². The molecule has 1 rings (SSSR count). The Kier molecular flexibility index (Phi) is 6.66. The van der Waals surface area contributed by atoms with Crippen LogP contribution < -0.4 is 5.32 Å². The summed E-state index contributed by atoms with van der Waals surface area (Å²) in [6, 6.07) is 3.38. The highest BCUT2D eigenvalue weighted by Gasteiger charge is 2.18. The second kappa shape index (κ2) is 8.27. The van der Waals surface area contributed by atoms with Crippen molar-refractivity contribution in [3.63, 3.8) is 0 Å². The second-order valence-electron chi connectivity index (χ2n) is 3.93. The number of ether oxygens (including phenoxy) is 1. The van der Waals surface area contributed by atoms with Crippen molar-refractivity contribution in [1.82, 2.24) is 5.32 Å². The molecule has 0 atom stereocenters. The van der Waals surface area contributed by atoms with Gasteiger partial charge in [0.15, 0.2) is 0 Å². The first kappa shape index (κ1) is 16.1. The predicted molar refractivity (Wildman–Crippen MR) is 77.6 cm³/mol. The number of carbonyl (C=O) groups is 3. The number of amides is 1. The van der Waals surface area contributed by atoms with Gasteiger partial charge < -0.3 is 10.1 Å². The van der Waals surface area contributed by atoms with Gasteiger partial charge in [0.2, 0.25) is 5.91 Å². The second-order valence-corrected chi connectivity index (χ2v) is 5.04. The van der Waals surface area contributed by atoms with Crippen LogP contribution in [-0.2, 0) is 14.3 Å². The molecule has 1 amide bonds. The Morgan fingerprint density at radius 2 is 2.10 bits per heavy atom. The summed E-state index contributed by atoms with van der Waals surface area (Å²) in [6.45, 7) is 3.89. The van der Waals surface area contributed by atoms with Gasteiger partial charge in [0.25, 0.3) is 5.78 Å². The fourth-order valence-electron chi connectivity index (χ4n) is 1.39. The molecule has 0 aromatic carbocycles. The van der Waals surface area contributed by atoms with Gasteiger partial charge in [-0.3, -0.25) is 9.59 Å². The van der Waals surface area contributed by atoms with Crippen molar-refractivity contribution in [3.8, 4) is 0 Å². The molecule has 1 aromatic rings. The zero-order valence-corrected chi connectivity index (χ0v) is 12.3. The summed E-state index contributed by atoms with van der Waals surface area (Å²) in [5.41, 5.74) is 0. The quantitative estimate of drug-likeness (QED) is 0.361. The molecule has 20 heavy (non-hydrogen) atoms. The third kappa shape index (κ3) is 5.36. The molecule has 0 bridgehead atoms. The number of ketones is 1. The van der Waals surface area contributed by atoms with E-state index in [-0.39, 0.29) is 12.5 Å². The van der Waals surface area contributed by atoms with Gasteiger partial charge in [0.05, 0.1) is 11.5 Å². The van der Waals surface area contributed by atoms with Gasteiger partial charge in [0, 0.05) is 18.3 Å². The SMILES string of the molecule is CCOC(=O)C(=O)c1ccc(C=CCCNC(C)=O)s1. The molecule has 0 saturated heterocycles. The van der Waals surface area contributed by atoms with Crippen molar-refractivity contribution < 1.29 is 19.1 Å². The molecular weight excluding hydrogens is 278 g/mol. The first-order valence-corrected chi connectivity index (χ1v) is 7.08. The molecule has 0 aliphatic rings. The van der Waals surface area contributed by atoms with E-state index in [0.717, 1.165) is 4.88 Å². The van der Waals surface area contributed by atoms with Crippen LogP contribution in [0.15, 0.2) is 18.2 Å². The summed E-state index contributed by atoms with van der Waals surface area (Å²) in [6.07, 6.45) is 4.47. The Morgan fingerprint density at radius 3 is 2.75 bits per heavy atom. The Morgan fingerprint density at radius 1 is 1.35 bits per heavy atom. The molecule has 0 aliphatic carbocycles. The zero-order chi connectivity index (χ0) is 15.0. The highest BCUT2D eigenvalue weighted by molar-refractivity contribution is 7.15. The molecule has 1 N–H and O–H groups in total. The standard InChI is InChI=1S/C14H17NO4S/c1-3-19-14(18)13(17)12-8-7-11(20-12)6-4-5-9-15-10(2)16/h4,6-8H,3,5,9H2,1-2H3,(H,15,16). The zero-order valence-electron chi connectivity index (χ0n) is 11.5. The molecule has 0 unspecified atom stereocenters. The average molecular weight is 295 g/mol. The van der Waals surface area contributed by atoms with Gasteiger partial charge in [-0.15, -0.1) is 11.3 Å². The summed E-state index contributed by atoms with van der Waals surface area (Å²) < 4.78 is 4.66. The third-order valence-corrected chi connectivity index (χ3v) is 3.33. The molecule has 5 nitrogen and oxygen atoms in total. The normalized spacial score (nSPS) is 10.5. The third-order valence-electron chi connectivity index (χ3n) is 2.28. The van der Waals surface area contributed by atoms with Crippen molar-refractivity contribution in [2.75, 3.05) is 13.2 Å². The Hall–Kier alpha value is -1.95. The average Bonchev–Trinajstić information content (AvgIpc) is 2.86. The largest absolute Gasteiger partial charge is 0.460 e. The van der Waals surface area contributed by atoms with Crippen LogP contribution in [-0.4, -0.2) is 30.8 Å². The van der Waals surface area contributed by atoms with E-state index in [1.54, 1.807) is 19.1 Å². The fraction of sp³-hybridized carbons (Fsp3) is 0.357. The summed E-state index contributed by atoms with van der Waals surface area (Å²) >= 11 is 1.23. The highest BCUT2D eigenvalue weighted by atomic mass is 32.1. The minimum atomic E-state index is -0.824. The Bertz CT molecular complexity index is 519. The maximum atomic E-state index is 11.7. The van der Waals surface area contributed by atoms with Crippen LogP contribution in [0, 0.1) is 0 Å². The maximum absolute atomic E-state index is 11.7. The van der Waals surface area contributed by atoms with E-state index in [0.29, 0.717) is 17.8 Å². The molecule has 0 fully saturated rings. The van der Waals surface area contributed by atoms with E-state index in [2.05, 4.69) is 10.1 Å². The molecule has 0 spiro atoms. The van der Waals surface area contributed by atoms with Gasteiger partial charge >= 0.3 is 5.97 Å². The summed E-state index contributed by atoms with van der Waals surface area (Å²) in [5, 5.41) is 2.68. The molecule has 108 valence electrons. The van der Waals surface area contributed by atoms with Crippen LogP contribution >= 0.6 is 11.3 Å². The summed E-state index contributed by atoms with van der Waals surface area (Å²) in [4.78, 5) is 34.9. The van der Waals surface area contributed by atoms with Gasteiger partial charge in [-0.25, -0.2) is 4.79 Å². The number of esters is 1. The Labute approximate surface area is 121 Å². The van der Waals surface area contributed by atoms with Crippen LogP contribution in [0.3, 0.4) is 0 Å². The van der Waals surface area contributed by atoms with Crippen LogP contribution in [0.1, 0.15) is 34.8 Å². The van der Waals surface area contributed by atoms with Gasteiger partial charge in [-0.05, 0) is 31.6 Å². The molecule has 0 saturated carbocycles. The highest BCUT2D eigenvalue weighted by Crippen LogP contribution is 2.19. The van der Waals surface area contributed by atoms with E-state index in [1.165, 1.54) is 18.3 Å². The van der Waals surface area contributed by atoms with Crippen LogP contribution in [0.2, 0.25) is 0 Å². The minimum Gasteiger partial charge on any atom is -0.460 e. The van der Waals surface area contributed by atoms with Crippen molar-refractivity contribution in [3.05, 3.63) is 28.0 Å². The van der Waals surface area contributed by atoms with E-state index in [1.807, 2.05) is 12.2 Å². The van der Waals surface area contributed by atoms with Gasteiger partial charge in [-0.2, -0.15) is 0 Å². The minimum absolute atomic E-state index is 0.0585. The van der Waals surface area contributed by atoms with E-state index >= 15 is 0 Å². The number of rotatable bonds is 7. The number of Topliss-reactive ketones (excluding diaryl/α,β-unsaturated/α-hetero) is 1. The summed E-state index contributed by atoms with van der Waals surface area (Å²) in [5.74, 6) is -1.50. The smallest absolute Gasteiger partial charge is 0.380 e. The van der Waals surface area contributed by atoms with Crippen molar-refractivity contribution in [2.45, 2.75) is 20.3 Å². The molecule has 1 aromatic heterocycles. The number of hydrogen-bond acceptors (Lipinski definition) is 5. The number of carbonyl (C=O) groups excluding carboxylic acids is 3. The lowest BCUT2D eigenvalue weighted by Gasteiger charge is -1.97. The van der Waals surface area contributed by atoms with E-state index in [4.69, 9.17) is 0 Å². The van der Waals surface area contributed by atoms with Crippen molar-refractivity contribution in [2.24, 2.45) is 0 Å². The lowest BCUT2D eigenvalue weighted by atomic mass is 10.3. The topological polar surface area (TPSA) is 72.5 Å². The van der Waals surface area contributed by atoms with Crippen LogP contribution in [0.25, 0.3) is 6.08 Å². The lowest BCUT2D eigenvalue weighted by molar-refractivity contribution is -0.137. The van der Waals surface area contributed by atoms with E-state index in [9.17, 15) is 14.4 Å². The number of nitrogens with one attached hydrogen (secondary N) is 1. The first-order valence-electron chi connectivity index (χ1n) is 6.27. The molecular formula is C14H17NO4S. The maximum Gasteiger partial charge on any atom is 0.380 e. The molecule has 0 aliphatic heterocycles. The van der Waals surface area contributed by atoms with Gasteiger partial charge in [-0.1, -0.05) is 6.08 Å². The molecule has 1 heterocycles. The monoisotopic (exact) mass is 295 g/mol. The number of thiophene rings is 1. The first-order chi connectivity index (χ1) is 9.54. The molecule has 6 heteroatoms. The fourth-order valence-corrected chi connectivity index (χ4v) is 2.26. The Balaban J connectivity index is 2.50. The van der Waals surface area contributed by atoms with Crippen LogP contribution in [0.4, 0.5) is 0 Å². The van der Waals surface area contributed by atoms with Gasteiger partial charge in [0.1, 0.15) is 0 Å². The number of hydrogen-bond donors (Lipinski definition) is 1. The summed E-state index contributed by atoms with van der Waals surface area (Å²) in [7, 11) is 0. The molecule has 0 radical (unpaired) electrons.